The van der Waals surface area contributed by atoms with Gasteiger partial charge in [-0.3, -0.25) is 14.9 Å². The van der Waals surface area contributed by atoms with Crippen molar-refractivity contribution in [2.75, 3.05) is 13.2 Å². The Bertz CT molecular complexity index is 557. The van der Waals surface area contributed by atoms with Crippen LogP contribution < -0.4 is 10.1 Å². The molecule has 0 unspecified atom stereocenters. The second kappa shape index (κ2) is 9.39. The fourth-order valence-corrected chi connectivity index (χ4v) is 1.82. The van der Waals surface area contributed by atoms with Crippen LogP contribution in [0.15, 0.2) is 24.3 Å². The number of rotatable bonds is 9. The number of nitrogens with zero attached hydrogens (tertiary/aromatic N) is 1. The number of nitro groups is 1. The van der Waals surface area contributed by atoms with Gasteiger partial charge in [-0.2, -0.15) is 0 Å². The number of para-hydroxylation sites is 2. The van der Waals surface area contributed by atoms with Crippen molar-refractivity contribution in [2.24, 2.45) is 0 Å². The number of carbonyl (C=O) groups excluding carboxylic acids is 2. The summed E-state index contributed by atoms with van der Waals surface area (Å²) in [4.78, 5) is 33.3. The molecule has 0 bridgehead atoms. The number of esters is 1. The summed E-state index contributed by atoms with van der Waals surface area (Å²) in [5.41, 5.74) is -0.244. The lowest BCUT2D eigenvalue weighted by Crippen LogP contribution is -2.37. The summed E-state index contributed by atoms with van der Waals surface area (Å²) in [6.45, 7) is 2.97. The quantitative estimate of drug-likeness (QED) is 0.422. The zero-order valence-electron chi connectivity index (χ0n) is 13.1. The fourth-order valence-electron chi connectivity index (χ4n) is 1.82. The maximum absolute atomic E-state index is 11.6. The van der Waals surface area contributed by atoms with E-state index in [2.05, 4.69) is 5.32 Å². The molecule has 0 saturated heterocycles. The monoisotopic (exact) mass is 324 g/mol. The number of amides is 1. The van der Waals surface area contributed by atoms with Crippen molar-refractivity contribution in [3.05, 3.63) is 34.4 Å². The Morgan fingerprint density at radius 2 is 1.87 bits per heavy atom. The number of nitrogens with one attached hydrogen (secondary N) is 1. The van der Waals surface area contributed by atoms with Gasteiger partial charge in [-0.15, -0.1) is 0 Å². The number of hydrogen-bond acceptors (Lipinski definition) is 6. The van der Waals surface area contributed by atoms with E-state index in [0.717, 1.165) is 12.8 Å². The van der Waals surface area contributed by atoms with Crippen LogP contribution in [0.4, 0.5) is 5.69 Å². The van der Waals surface area contributed by atoms with Crippen LogP contribution in [0.25, 0.3) is 0 Å². The second-order valence-electron chi connectivity index (χ2n) is 4.76. The highest BCUT2D eigenvalue weighted by atomic mass is 16.6. The van der Waals surface area contributed by atoms with Crippen LogP contribution in [0, 0.1) is 10.1 Å². The van der Waals surface area contributed by atoms with E-state index in [4.69, 9.17) is 9.47 Å². The van der Waals surface area contributed by atoms with Crippen LogP contribution in [0.5, 0.6) is 5.75 Å². The van der Waals surface area contributed by atoms with Crippen molar-refractivity contribution in [3.8, 4) is 5.75 Å². The second-order valence-corrected chi connectivity index (χ2v) is 4.76. The molecule has 0 aliphatic carbocycles. The minimum atomic E-state index is -0.775. The van der Waals surface area contributed by atoms with Gasteiger partial charge in [0.25, 0.3) is 5.91 Å². The zero-order chi connectivity index (χ0) is 17.2. The van der Waals surface area contributed by atoms with Gasteiger partial charge in [0, 0.05) is 12.1 Å². The Labute approximate surface area is 133 Å². The SMILES string of the molecule is CCC(CC)NC(=O)COC(=O)COc1ccccc1[N+](=O)[O-]. The van der Waals surface area contributed by atoms with Gasteiger partial charge < -0.3 is 14.8 Å². The third-order valence-corrected chi connectivity index (χ3v) is 3.12. The molecular formula is C15H20N2O6. The fraction of sp³-hybridized carbons (Fsp3) is 0.467. The summed E-state index contributed by atoms with van der Waals surface area (Å²) in [7, 11) is 0. The molecule has 8 nitrogen and oxygen atoms in total. The van der Waals surface area contributed by atoms with Crippen LogP contribution in [-0.4, -0.2) is 36.1 Å². The zero-order valence-corrected chi connectivity index (χ0v) is 13.1. The van der Waals surface area contributed by atoms with Crippen LogP contribution in [-0.2, 0) is 14.3 Å². The summed E-state index contributed by atoms with van der Waals surface area (Å²) in [5, 5.41) is 13.5. The molecular weight excluding hydrogens is 304 g/mol. The number of ether oxygens (including phenoxy) is 2. The molecule has 0 fully saturated rings. The van der Waals surface area contributed by atoms with Gasteiger partial charge in [0.15, 0.2) is 19.0 Å². The first-order valence-electron chi connectivity index (χ1n) is 7.29. The molecule has 0 heterocycles. The molecule has 0 saturated carbocycles. The predicted molar refractivity (Wildman–Crippen MR) is 82.1 cm³/mol. The Hall–Kier alpha value is -2.64. The van der Waals surface area contributed by atoms with Gasteiger partial charge in [-0.25, -0.2) is 4.79 Å². The summed E-state index contributed by atoms with van der Waals surface area (Å²) in [5.74, 6) is -1.20. The average molecular weight is 324 g/mol. The lowest BCUT2D eigenvalue weighted by Gasteiger charge is -2.14. The Balaban J connectivity index is 2.41. The van der Waals surface area contributed by atoms with Crippen LogP contribution >= 0.6 is 0 Å². The molecule has 0 aromatic heterocycles. The van der Waals surface area contributed by atoms with E-state index in [-0.39, 0.29) is 17.5 Å². The van der Waals surface area contributed by atoms with Gasteiger partial charge >= 0.3 is 11.7 Å². The number of carbonyl (C=O) groups is 2. The van der Waals surface area contributed by atoms with Crippen molar-refractivity contribution < 1.29 is 24.0 Å². The first-order valence-corrected chi connectivity index (χ1v) is 7.29. The van der Waals surface area contributed by atoms with E-state index in [1.54, 1.807) is 6.07 Å². The molecule has 0 spiro atoms. The van der Waals surface area contributed by atoms with Crippen LogP contribution in [0.1, 0.15) is 26.7 Å². The third kappa shape index (κ3) is 6.33. The van der Waals surface area contributed by atoms with Crippen LogP contribution in [0.2, 0.25) is 0 Å². The van der Waals surface area contributed by atoms with Gasteiger partial charge in [0.1, 0.15) is 0 Å². The van der Waals surface area contributed by atoms with Crippen molar-refractivity contribution in [3.63, 3.8) is 0 Å². The molecule has 0 radical (unpaired) electrons. The summed E-state index contributed by atoms with van der Waals surface area (Å²) < 4.78 is 9.84. The van der Waals surface area contributed by atoms with Gasteiger partial charge in [-0.05, 0) is 18.9 Å². The highest BCUT2D eigenvalue weighted by molar-refractivity contribution is 5.81. The lowest BCUT2D eigenvalue weighted by atomic mass is 10.2. The molecule has 8 heteroatoms. The standard InChI is InChI=1S/C15H20N2O6/c1-3-11(4-2)16-14(18)9-23-15(19)10-22-13-8-6-5-7-12(13)17(20)21/h5-8,11H,3-4,9-10H2,1-2H3,(H,16,18). The highest BCUT2D eigenvalue weighted by Gasteiger charge is 2.16. The highest BCUT2D eigenvalue weighted by Crippen LogP contribution is 2.25. The molecule has 0 aliphatic heterocycles. The summed E-state index contributed by atoms with van der Waals surface area (Å²) >= 11 is 0. The molecule has 23 heavy (non-hydrogen) atoms. The van der Waals surface area contributed by atoms with E-state index in [0.29, 0.717) is 0 Å². The normalized spacial score (nSPS) is 10.2. The third-order valence-electron chi connectivity index (χ3n) is 3.12. The first-order chi connectivity index (χ1) is 11.0. The van der Waals surface area contributed by atoms with Crippen LogP contribution in [0.3, 0.4) is 0 Å². The molecule has 126 valence electrons. The van der Waals surface area contributed by atoms with Gasteiger partial charge in [-0.1, -0.05) is 26.0 Å². The van der Waals surface area contributed by atoms with E-state index < -0.39 is 30.0 Å². The van der Waals surface area contributed by atoms with Crippen molar-refractivity contribution >= 4 is 17.6 Å². The Morgan fingerprint density at radius 3 is 2.48 bits per heavy atom. The molecule has 1 rings (SSSR count). The topological polar surface area (TPSA) is 108 Å². The molecule has 1 aromatic carbocycles. The Kier molecular flexibility index (Phi) is 7.52. The number of nitro benzene ring substituents is 1. The van der Waals surface area contributed by atoms with Gasteiger partial charge in [0.05, 0.1) is 4.92 Å². The summed E-state index contributed by atoms with van der Waals surface area (Å²) in [6, 6.07) is 5.74. The van der Waals surface area contributed by atoms with Crippen molar-refractivity contribution in [1.29, 1.82) is 0 Å². The van der Waals surface area contributed by atoms with Crippen molar-refractivity contribution in [2.45, 2.75) is 32.7 Å². The number of benzene rings is 1. The average Bonchev–Trinajstić information content (AvgIpc) is 2.56. The number of hydrogen-bond donors (Lipinski definition) is 1. The van der Waals surface area contributed by atoms with Gasteiger partial charge in [0.2, 0.25) is 0 Å². The predicted octanol–water partition coefficient (Wildman–Crippen LogP) is 1.82. The maximum Gasteiger partial charge on any atom is 0.344 e. The molecule has 0 aliphatic rings. The molecule has 0 atom stereocenters. The smallest absolute Gasteiger partial charge is 0.344 e. The largest absolute Gasteiger partial charge is 0.475 e. The maximum atomic E-state index is 11.6. The molecule has 1 N–H and O–H groups in total. The Morgan fingerprint density at radius 1 is 1.22 bits per heavy atom. The lowest BCUT2D eigenvalue weighted by molar-refractivity contribution is -0.385. The van der Waals surface area contributed by atoms with E-state index in [1.165, 1.54) is 18.2 Å². The van der Waals surface area contributed by atoms with E-state index in [9.17, 15) is 19.7 Å². The summed E-state index contributed by atoms with van der Waals surface area (Å²) in [6.07, 6.45) is 1.58. The minimum absolute atomic E-state index is 0.0315. The van der Waals surface area contributed by atoms with E-state index >= 15 is 0 Å². The molecule has 1 amide bonds. The first kappa shape index (κ1) is 18.4. The minimum Gasteiger partial charge on any atom is -0.475 e. The van der Waals surface area contributed by atoms with Crippen molar-refractivity contribution in [1.82, 2.24) is 5.32 Å². The van der Waals surface area contributed by atoms with E-state index in [1.807, 2.05) is 13.8 Å². The molecule has 1 aromatic rings.